The number of amides is 4. The Labute approximate surface area is 300 Å². The van der Waals surface area contributed by atoms with Crippen molar-refractivity contribution in [2.24, 2.45) is 5.92 Å². The van der Waals surface area contributed by atoms with Gasteiger partial charge in [-0.05, 0) is 72.7 Å². The molecule has 0 radical (unpaired) electrons. The minimum Gasteiger partial charge on any atom is -0.357 e. The molecule has 0 aliphatic carbocycles. The molecule has 10 nitrogen and oxygen atoms in total. The molecule has 0 saturated carbocycles. The molecule has 0 unspecified atom stereocenters. The molecule has 0 fully saturated rings. The van der Waals surface area contributed by atoms with Gasteiger partial charge in [-0.15, -0.1) is 0 Å². The molecule has 0 spiro atoms. The van der Waals surface area contributed by atoms with Gasteiger partial charge < -0.3 is 26.6 Å². The third-order valence-electron chi connectivity index (χ3n) is 8.68. The maximum absolute atomic E-state index is 14.0. The van der Waals surface area contributed by atoms with Gasteiger partial charge in [0.05, 0.1) is 23.7 Å². The number of likely N-dealkylation sites (N-methyl/N-ethyl adjacent to an activating group) is 1. The van der Waals surface area contributed by atoms with Crippen molar-refractivity contribution in [3.8, 4) is 17.2 Å². The van der Waals surface area contributed by atoms with Crippen LogP contribution in [-0.4, -0.2) is 55.3 Å². The van der Waals surface area contributed by atoms with Crippen LogP contribution in [0.15, 0.2) is 103 Å². The van der Waals surface area contributed by atoms with Crippen LogP contribution in [0.1, 0.15) is 71.1 Å². The van der Waals surface area contributed by atoms with Gasteiger partial charge in [-0.25, -0.2) is 0 Å². The minimum atomic E-state index is -0.688. The summed E-state index contributed by atoms with van der Waals surface area (Å²) in [5, 5.41) is 24.6. The number of rotatable bonds is 15. The average Bonchev–Trinajstić information content (AvgIpc) is 3.15. The second-order valence-electron chi connectivity index (χ2n) is 12.9. The van der Waals surface area contributed by atoms with E-state index in [0.717, 1.165) is 11.1 Å². The van der Waals surface area contributed by atoms with Crippen molar-refractivity contribution in [1.29, 1.82) is 5.26 Å². The van der Waals surface area contributed by atoms with Crippen LogP contribution in [0.2, 0.25) is 0 Å². The lowest BCUT2D eigenvalue weighted by Crippen LogP contribution is -2.55. The molecule has 4 aromatic rings. The molecule has 51 heavy (non-hydrogen) atoms. The van der Waals surface area contributed by atoms with Crippen LogP contribution in [0.25, 0.3) is 11.1 Å². The first-order valence-corrected chi connectivity index (χ1v) is 17.1. The van der Waals surface area contributed by atoms with Gasteiger partial charge in [0.15, 0.2) is 0 Å². The number of benzene rings is 4. The molecule has 10 heteroatoms. The monoisotopic (exact) mass is 686 g/mol. The molecule has 0 aromatic heterocycles. The normalized spacial score (nSPS) is 13.2. The van der Waals surface area contributed by atoms with Crippen LogP contribution in [0.4, 0.5) is 0 Å². The third kappa shape index (κ3) is 10.6. The van der Waals surface area contributed by atoms with E-state index in [0.29, 0.717) is 23.1 Å². The van der Waals surface area contributed by atoms with E-state index in [1.165, 1.54) is 7.05 Å². The van der Waals surface area contributed by atoms with Crippen LogP contribution >= 0.6 is 0 Å². The molecule has 4 amide bonds. The smallest absolute Gasteiger partial charge is 0.251 e. The zero-order valence-electron chi connectivity index (χ0n) is 29.7. The second-order valence-corrected chi connectivity index (χ2v) is 12.9. The predicted octanol–water partition coefficient (Wildman–Crippen LogP) is 4.92. The van der Waals surface area contributed by atoms with E-state index in [-0.39, 0.29) is 47.4 Å². The Balaban J connectivity index is 1.61. The summed E-state index contributed by atoms with van der Waals surface area (Å²) >= 11 is 0. The molecule has 4 atom stereocenters. The number of hydrogen-bond acceptors (Lipinski definition) is 6. The highest BCUT2D eigenvalue weighted by Gasteiger charge is 2.26. The average molecular weight is 687 g/mol. The summed E-state index contributed by atoms with van der Waals surface area (Å²) in [5.41, 5.74) is 3.98. The molecular weight excluding hydrogens is 640 g/mol. The van der Waals surface area contributed by atoms with Gasteiger partial charge in [0.2, 0.25) is 11.8 Å². The van der Waals surface area contributed by atoms with Crippen molar-refractivity contribution < 1.29 is 19.2 Å². The van der Waals surface area contributed by atoms with Gasteiger partial charge in [0, 0.05) is 30.8 Å². The molecule has 4 rings (SSSR count). The highest BCUT2D eigenvalue weighted by Crippen LogP contribution is 2.26. The standard InChI is InChI=1S/C41H46N6O4/c1-26(2)37(41(51)43-5)47-38(48)28(4)44-25-35(20-29-14-8-6-9-15-29)46-40(50)34-22-32(36-19-13-12-18-31(36)24-42)21-33(23-34)39(49)45-27(3)30-16-10-7-11-17-30/h6-19,21-23,26-28,35,37,44H,20,25H2,1-5H3,(H,43,51)(H,45,49)(H,46,50)(H,47,48)/t27-,28+,35+,37+/m1/s1. The first kappa shape index (κ1) is 38.0. The largest absolute Gasteiger partial charge is 0.357 e. The molecule has 4 aromatic carbocycles. The first-order chi connectivity index (χ1) is 24.5. The highest BCUT2D eigenvalue weighted by molar-refractivity contribution is 6.02. The van der Waals surface area contributed by atoms with E-state index in [2.05, 4.69) is 32.7 Å². The maximum atomic E-state index is 14.0. The van der Waals surface area contributed by atoms with Crippen LogP contribution in [0.3, 0.4) is 0 Å². The van der Waals surface area contributed by atoms with Crippen molar-refractivity contribution >= 4 is 23.6 Å². The van der Waals surface area contributed by atoms with E-state index in [1.807, 2.05) is 81.4 Å². The zero-order valence-corrected chi connectivity index (χ0v) is 29.7. The molecular formula is C41H46N6O4. The van der Waals surface area contributed by atoms with Crippen LogP contribution in [-0.2, 0) is 16.0 Å². The Bertz CT molecular complexity index is 1860. The Morgan fingerprint density at radius 2 is 1.29 bits per heavy atom. The van der Waals surface area contributed by atoms with Gasteiger partial charge in [-0.3, -0.25) is 19.2 Å². The lowest BCUT2D eigenvalue weighted by Gasteiger charge is -2.25. The molecule has 0 saturated heterocycles. The number of hydrogen-bond donors (Lipinski definition) is 5. The summed E-state index contributed by atoms with van der Waals surface area (Å²) in [6.07, 6.45) is 0.458. The fourth-order valence-electron chi connectivity index (χ4n) is 5.70. The van der Waals surface area contributed by atoms with Crippen LogP contribution in [0.5, 0.6) is 0 Å². The van der Waals surface area contributed by atoms with E-state index in [1.54, 1.807) is 49.4 Å². The Hall–Kier alpha value is -5.79. The van der Waals surface area contributed by atoms with Crippen LogP contribution < -0.4 is 26.6 Å². The molecule has 0 aliphatic rings. The van der Waals surface area contributed by atoms with Gasteiger partial charge in [-0.2, -0.15) is 5.26 Å². The van der Waals surface area contributed by atoms with Gasteiger partial charge >= 0.3 is 0 Å². The van der Waals surface area contributed by atoms with Crippen molar-refractivity contribution in [3.63, 3.8) is 0 Å². The second kappa shape index (κ2) is 18.3. The zero-order chi connectivity index (χ0) is 36.9. The first-order valence-electron chi connectivity index (χ1n) is 17.1. The molecule has 5 N–H and O–H groups in total. The molecule has 0 aliphatic heterocycles. The number of nitrogens with one attached hydrogen (secondary N) is 5. The fraction of sp³-hybridized carbons (Fsp3) is 0.293. The third-order valence-corrected chi connectivity index (χ3v) is 8.68. The van der Waals surface area contributed by atoms with Gasteiger partial charge in [0.25, 0.3) is 11.8 Å². The van der Waals surface area contributed by atoms with Gasteiger partial charge in [0.1, 0.15) is 6.04 Å². The maximum Gasteiger partial charge on any atom is 0.251 e. The van der Waals surface area contributed by atoms with Crippen molar-refractivity contribution in [1.82, 2.24) is 26.6 Å². The molecule has 0 bridgehead atoms. The molecule has 0 heterocycles. The number of nitriles is 1. The highest BCUT2D eigenvalue weighted by atomic mass is 16.2. The summed E-state index contributed by atoms with van der Waals surface area (Å²) in [7, 11) is 1.53. The van der Waals surface area contributed by atoms with E-state index >= 15 is 0 Å². The van der Waals surface area contributed by atoms with Crippen LogP contribution in [0, 0.1) is 17.2 Å². The summed E-state index contributed by atoms with van der Waals surface area (Å²) < 4.78 is 0. The number of carbonyl (C=O) groups excluding carboxylic acids is 4. The summed E-state index contributed by atoms with van der Waals surface area (Å²) in [5.74, 6) is -1.52. The lowest BCUT2D eigenvalue weighted by molar-refractivity contribution is -0.130. The minimum absolute atomic E-state index is 0.115. The predicted molar refractivity (Wildman–Crippen MR) is 199 cm³/mol. The summed E-state index contributed by atoms with van der Waals surface area (Å²) in [4.78, 5) is 53.1. The Morgan fingerprint density at radius 1 is 0.706 bits per heavy atom. The van der Waals surface area contributed by atoms with E-state index in [4.69, 9.17) is 0 Å². The Morgan fingerprint density at radius 3 is 1.90 bits per heavy atom. The number of nitrogens with zero attached hydrogens (tertiary/aromatic N) is 1. The fourth-order valence-corrected chi connectivity index (χ4v) is 5.70. The summed E-state index contributed by atoms with van der Waals surface area (Å²) in [6, 6.07) is 31.3. The number of carbonyl (C=O) groups is 4. The van der Waals surface area contributed by atoms with Gasteiger partial charge in [-0.1, -0.05) is 92.7 Å². The SMILES string of the molecule is CNC(=O)[C@@H](NC(=O)[C@H](C)NC[C@H](Cc1ccccc1)NC(=O)c1cc(C(=O)N[C@H](C)c2ccccc2)cc(-c2ccccc2C#N)c1)C(C)C. The topological polar surface area (TPSA) is 152 Å². The van der Waals surface area contributed by atoms with E-state index < -0.39 is 24.0 Å². The quantitative estimate of drug-likeness (QED) is 0.120. The summed E-state index contributed by atoms with van der Waals surface area (Å²) in [6.45, 7) is 7.54. The van der Waals surface area contributed by atoms with E-state index in [9.17, 15) is 24.4 Å². The molecule has 264 valence electrons. The van der Waals surface area contributed by atoms with Crippen molar-refractivity contribution in [3.05, 3.63) is 131 Å². The Kier molecular flexibility index (Phi) is 13.6. The lowest BCUT2D eigenvalue weighted by atomic mass is 9.95. The van der Waals surface area contributed by atoms with Crippen molar-refractivity contribution in [2.45, 2.75) is 58.3 Å². The van der Waals surface area contributed by atoms with Crippen molar-refractivity contribution in [2.75, 3.05) is 13.6 Å².